The molecule has 152 valence electrons. The summed E-state index contributed by atoms with van der Waals surface area (Å²) in [7, 11) is 0. The molecule has 0 saturated heterocycles. The molecule has 0 saturated carbocycles. The number of hydrogen-bond acceptors (Lipinski definition) is 5. The quantitative estimate of drug-likeness (QED) is 0.444. The van der Waals surface area contributed by atoms with E-state index in [4.69, 9.17) is 4.74 Å². The molecule has 3 aromatic rings. The number of fused-ring (bicyclic) bond motifs is 1. The van der Waals surface area contributed by atoms with Crippen LogP contribution in [0.1, 0.15) is 42.7 Å². The van der Waals surface area contributed by atoms with Crippen molar-refractivity contribution < 1.29 is 14.3 Å². The topological polar surface area (TPSA) is 73.2 Å². The SMILES string of the molecule is CCOC(=O)c1ccc2c(c1)nc(SCC(=O)N[C@@H](C)c1ccccc1)n2CC. The standard InChI is InChI=1S/C22H25N3O3S/c1-4-25-19-12-11-17(21(27)28-5-2)13-18(19)24-22(25)29-14-20(26)23-15(3)16-9-7-6-8-10-16/h6-13,15H,4-5,14H2,1-3H3,(H,23,26)/t15-/m0/s1. The number of aromatic nitrogens is 2. The van der Waals surface area contributed by atoms with Gasteiger partial charge >= 0.3 is 5.97 Å². The number of rotatable bonds is 8. The highest BCUT2D eigenvalue weighted by molar-refractivity contribution is 7.99. The van der Waals surface area contributed by atoms with Gasteiger partial charge in [0.1, 0.15) is 0 Å². The number of carbonyl (C=O) groups is 2. The van der Waals surface area contributed by atoms with Crippen molar-refractivity contribution in [2.75, 3.05) is 12.4 Å². The average Bonchev–Trinajstić information content (AvgIpc) is 3.09. The number of esters is 1. The first-order chi connectivity index (χ1) is 14.0. The molecule has 6 nitrogen and oxygen atoms in total. The van der Waals surface area contributed by atoms with E-state index in [1.807, 2.05) is 54.8 Å². The molecule has 1 heterocycles. The minimum Gasteiger partial charge on any atom is -0.462 e. The van der Waals surface area contributed by atoms with E-state index in [1.54, 1.807) is 19.1 Å². The number of amides is 1. The number of thioether (sulfide) groups is 1. The second-order valence-electron chi connectivity index (χ2n) is 6.55. The summed E-state index contributed by atoms with van der Waals surface area (Å²) in [6, 6.07) is 15.2. The molecule has 0 aliphatic carbocycles. The van der Waals surface area contributed by atoms with Crippen LogP contribution in [-0.2, 0) is 16.1 Å². The minimum atomic E-state index is -0.357. The van der Waals surface area contributed by atoms with Crippen LogP contribution in [0.2, 0.25) is 0 Å². The van der Waals surface area contributed by atoms with Crippen molar-refractivity contribution in [3.8, 4) is 0 Å². The molecule has 3 rings (SSSR count). The van der Waals surface area contributed by atoms with Crippen molar-refractivity contribution in [2.45, 2.75) is 38.5 Å². The Morgan fingerprint density at radius 3 is 2.62 bits per heavy atom. The Kier molecular flexibility index (Phi) is 6.93. The zero-order valence-electron chi connectivity index (χ0n) is 16.8. The van der Waals surface area contributed by atoms with Gasteiger partial charge in [-0.15, -0.1) is 0 Å². The Morgan fingerprint density at radius 2 is 1.93 bits per heavy atom. The van der Waals surface area contributed by atoms with Crippen LogP contribution in [0.4, 0.5) is 0 Å². The van der Waals surface area contributed by atoms with E-state index in [-0.39, 0.29) is 23.7 Å². The molecule has 0 radical (unpaired) electrons. The first kappa shape index (κ1) is 20.9. The normalized spacial score (nSPS) is 12.0. The monoisotopic (exact) mass is 411 g/mol. The molecule has 0 aliphatic rings. The predicted octanol–water partition coefficient (Wildman–Crippen LogP) is 4.20. The summed E-state index contributed by atoms with van der Waals surface area (Å²) in [4.78, 5) is 29.0. The van der Waals surface area contributed by atoms with E-state index >= 15 is 0 Å². The zero-order valence-corrected chi connectivity index (χ0v) is 17.7. The number of nitrogens with zero attached hydrogens (tertiary/aromatic N) is 2. The van der Waals surface area contributed by atoms with Gasteiger partial charge in [0.2, 0.25) is 5.91 Å². The summed E-state index contributed by atoms with van der Waals surface area (Å²) >= 11 is 1.39. The van der Waals surface area contributed by atoms with Crippen LogP contribution in [0, 0.1) is 0 Å². The molecule has 0 spiro atoms. The van der Waals surface area contributed by atoms with Gasteiger partial charge in [-0.25, -0.2) is 9.78 Å². The van der Waals surface area contributed by atoms with E-state index in [0.29, 0.717) is 12.2 Å². The summed E-state index contributed by atoms with van der Waals surface area (Å²) in [6.07, 6.45) is 0. The third-order valence-electron chi connectivity index (χ3n) is 4.55. The van der Waals surface area contributed by atoms with Crippen LogP contribution < -0.4 is 5.32 Å². The molecule has 7 heteroatoms. The summed E-state index contributed by atoms with van der Waals surface area (Å²) in [5.74, 6) is -0.136. The highest BCUT2D eigenvalue weighted by Gasteiger charge is 2.16. The van der Waals surface area contributed by atoms with Crippen molar-refractivity contribution >= 4 is 34.7 Å². The maximum absolute atomic E-state index is 12.4. The van der Waals surface area contributed by atoms with E-state index in [9.17, 15) is 9.59 Å². The van der Waals surface area contributed by atoms with Gasteiger partial charge in [0, 0.05) is 6.54 Å². The fourth-order valence-corrected chi connectivity index (χ4v) is 3.99. The molecule has 0 fully saturated rings. The Morgan fingerprint density at radius 1 is 1.17 bits per heavy atom. The number of ether oxygens (including phenoxy) is 1. The Hall–Kier alpha value is -2.80. The second-order valence-corrected chi connectivity index (χ2v) is 7.49. The van der Waals surface area contributed by atoms with Gasteiger partial charge in [-0.1, -0.05) is 42.1 Å². The minimum absolute atomic E-state index is 0.0479. The second kappa shape index (κ2) is 9.60. The maximum atomic E-state index is 12.4. The lowest BCUT2D eigenvalue weighted by Crippen LogP contribution is -2.28. The molecular formula is C22H25N3O3S. The number of imidazole rings is 1. The fourth-order valence-electron chi connectivity index (χ4n) is 3.10. The van der Waals surface area contributed by atoms with Crippen molar-refractivity contribution in [1.29, 1.82) is 0 Å². The van der Waals surface area contributed by atoms with Crippen LogP contribution in [0.15, 0.2) is 53.7 Å². The summed E-state index contributed by atoms with van der Waals surface area (Å²) in [5, 5.41) is 3.77. The third-order valence-corrected chi connectivity index (χ3v) is 5.53. The lowest BCUT2D eigenvalue weighted by molar-refractivity contribution is -0.119. The van der Waals surface area contributed by atoms with Gasteiger partial charge in [0.05, 0.1) is 35.0 Å². The van der Waals surface area contributed by atoms with Crippen molar-refractivity contribution in [1.82, 2.24) is 14.9 Å². The molecule has 0 bridgehead atoms. The molecule has 1 aromatic heterocycles. The van der Waals surface area contributed by atoms with Crippen LogP contribution >= 0.6 is 11.8 Å². The van der Waals surface area contributed by atoms with Crippen molar-refractivity contribution in [3.63, 3.8) is 0 Å². The summed E-state index contributed by atoms with van der Waals surface area (Å²) in [6.45, 7) is 6.83. The molecule has 2 aromatic carbocycles. The maximum Gasteiger partial charge on any atom is 0.338 e. The number of aryl methyl sites for hydroxylation is 1. The summed E-state index contributed by atoms with van der Waals surface area (Å²) in [5.41, 5.74) is 3.20. The Balaban J connectivity index is 1.70. The Bertz CT molecular complexity index is 1000. The molecular weight excluding hydrogens is 386 g/mol. The third kappa shape index (κ3) is 4.98. The molecule has 1 N–H and O–H groups in total. The van der Waals surface area contributed by atoms with Gasteiger partial charge in [0.25, 0.3) is 0 Å². The largest absolute Gasteiger partial charge is 0.462 e. The predicted molar refractivity (Wildman–Crippen MR) is 115 cm³/mol. The molecule has 1 amide bonds. The number of benzene rings is 2. The number of carbonyl (C=O) groups excluding carboxylic acids is 2. The lowest BCUT2D eigenvalue weighted by Gasteiger charge is -2.14. The van der Waals surface area contributed by atoms with Gasteiger partial charge in [-0.05, 0) is 44.5 Å². The smallest absolute Gasteiger partial charge is 0.338 e. The molecule has 0 unspecified atom stereocenters. The number of nitrogens with one attached hydrogen (secondary N) is 1. The summed E-state index contributed by atoms with van der Waals surface area (Å²) < 4.78 is 7.11. The molecule has 29 heavy (non-hydrogen) atoms. The van der Waals surface area contributed by atoms with E-state index in [0.717, 1.165) is 28.3 Å². The van der Waals surface area contributed by atoms with E-state index in [1.165, 1.54) is 11.8 Å². The molecule has 1 atom stereocenters. The first-order valence-corrected chi connectivity index (χ1v) is 10.7. The zero-order chi connectivity index (χ0) is 20.8. The Labute approximate surface area is 174 Å². The first-order valence-electron chi connectivity index (χ1n) is 9.68. The average molecular weight is 412 g/mol. The van der Waals surface area contributed by atoms with Gasteiger partial charge in [0.15, 0.2) is 5.16 Å². The lowest BCUT2D eigenvalue weighted by atomic mass is 10.1. The van der Waals surface area contributed by atoms with Gasteiger partial charge in [-0.3, -0.25) is 4.79 Å². The fraction of sp³-hybridized carbons (Fsp3) is 0.318. The number of hydrogen-bond donors (Lipinski definition) is 1. The van der Waals surface area contributed by atoms with Crippen molar-refractivity contribution in [2.24, 2.45) is 0 Å². The van der Waals surface area contributed by atoms with E-state index < -0.39 is 0 Å². The highest BCUT2D eigenvalue weighted by atomic mass is 32.2. The van der Waals surface area contributed by atoms with Crippen LogP contribution in [-0.4, -0.2) is 33.8 Å². The van der Waals surface area contributed by atoms with Crippen LogP contribution in [0.3, 0.4) is 0 Å². The van der Waals surface area contributed by atoms with Crippen LogP contribution in [0.25, 0.3) is 11.0 Å². The highest BCUT2D eigenvalue weighted by Crippen LogP contribution is 2.25. The van der Waals surface area contributed by atoms with Gasteiger partial charge < -0.3 is 14.6 Å². The van der Waals surface area contributed by atoms with Crippen LogP contribution in [0.5, 0.6) is 0 Å². The van der Waals surface area contributed by atoms with E-state index in [2.05, 4.69) is 10.3 Å². The molecule has 0 aliphatic heterocycles. The van der Waals surface area contributed by atoms with Gasteiger partial charge in [-0.2, -0.15) is 0 Å². The van der Waals surface area contributed by atoms with Crippen molar-refractivity contribution in [3.05, 3.63) is 59.7 Å².